The monoisotopic (exact) mass is 1120 g/mol. The molecule has 87 heavy (non-hydrogen) atoms. The van der Waals surface area contributed by atoms with E-state index < -0.39 is 0 Å². The van der Waals surface area contributed by atoms with Crippen molar-refractivity contribution in [1.82, 2.24) is 0 Å². The molecule has 14 aromatic rings. The second kappa shape index (κ2) is 24.4. The molecule has 0 spiro atoms. The summed E-state index contributed by atoms with van der Waals surface area (Å²) in [5, 5.41) is 18.4. The molecule has 0 heterocycles. The molecule has 1 heteroatoms. The molecule has 1 aliphatic carbocycles. The maximum absolute atomic E-state index is 4.72. The average molecular weight is 1120 g/mol. The topological polar surface area (TPSA) is 12.4 Å². The van der Waals surface area contributed by atoms with E-state index in [-0.39, 0.29) is 0 Å². The fourth-order valence-corrected chi connectivity index (χ4v) is 13.4. The Morgan fingerprint density at radius 1 is 0.437 bits per heavy atom. The molecule has 1 nitrogen and oxygen atoms in total. The maximum Gasteiger partial charge on any atom is 0.0664 e. The largest absolute Gasteiger partial charge is 0.253 e. The van der Waals surface area contributed by atoms with Crippen molar-refractivity contribution >= 4 is 98.5 Å². The highest BCUT2D eigenvalue weighted by Crippen LogP contribution is 2.47. The zero-order valence-electron chi connectivity index (χ0n) is 50.8. The standard InChI is InChI=1S/C57H38.C16H17N.C13H16/c1-35-26-28-36(29-27-35)37-30-38(52-33-54-44-18-4-2-14-40(44)42-16-6-10-22-48(42)56(54)50-24-12-8-20-46(50)52)32-39(31-37)53-34-55-45-19-5-3-15-41(45)43-17-7-11-23-49(43)57(55)51-25-13-9-21-47(51)53;1-3-14-9-7-8-12-16(14)17-13(2)15-10-5-4-6-11-15;1-5-12(10(2)3)13-9-7-6-8-11(13)4/h2-4,6-18,20-34H,5,19H2,1H3;4-12H,3H2,1-2H3;5-9H,1H2,2-4H3. The molecule has 0 atom stereocenters. The Morgan fingerprint density at radius 2 is 0.908 bits per heavy atom. The van der Waals surface area contributed by atoms with Crippen LogP contribution in [0.3, 0.4) is 0 Å². The van der Waals surface area contributed by atoms with Gasteiger partial charge in [-0.05, 0) is 238 Å². The van der Waals surface area contributed by atoms with Crippen molar-refractivity contribution in [2.24, 2.45) is 4.99 Å². The van der Waals surface area contributed by atoms with Gasteiger partial charge in [0.25, 0.3) is 0 Å². The molecule has 0 unspecified atom stereocenters. The van der Waals surface area contributed by atoms with Crippen LogP contribution >= 0.6 is 0 Å². The average Bonchev–Trinajstić information content (AvgIpc) is 0.812. The van der Waals surface area contributed by atoms with Crippen LogP contribution in [0.4, 0.5) is 5.69 Å². The number of aliphatic imine (C=N–C) groups is 1. The summed E-state index contributed by atoms with van der Waals surface area (Å²) in [4.78, 5) is 4.72. The number of benzene rings is 14. The smallest absolute Gasteiger partial charge is 0.0664 e. The van der Waals surface area contributed by atoms with Gasteiger partial charge in [0.2, 0.25) is 0 Å². The Labute approximate surface area is 512 Å². The van der Waals surface area contributed by atoms with Gasteiger partial charge in [-0.25, -0.2) is 0 Å². The minimum atomic E-state index is 1.02. The first-order valence-corrected chi connectivity index (χ1v) is 30.7. The second-order valence-corrected chi connectivity index (χ2v) is 23.4. The lowest BCUT2D eigenvalue weighted by atomic mass is 9.82. The molecule has 15 rings (SSSR count). The summed E-state index contributed by atoms with van der Waals surface area (Å²) < 4.78 is 0. The lowest BCUT2D eigenvalue weighted by Crippen LogP contribution is -1.99. The van der Waals surface area contributed by atoms with Crippen LogP contribution in [0.1, 0.15) is 73.1 Å². The van der Waals surface area contributed by atoms with Crippen LogP contribution in [0.25, 0.3) is 120 Å². The van der Waals surface area contributed by atoms with E-state index in [2.05, 4.69) is 291 Å². The third-order valence-corrected chi connectivity index (χ3v) is 17.7. The minimum absolute atomic E-state index is 1.02. The molecule has 14 aromatic carbocycles. The lowest BCUT2D eigenvalue weighted by Gasteiger charge is -2.21. The van der Waals surface area contributed by atoms with Crippen molar-refractivity contribution in [2.75, 3.05) is 0 Å². The Bertz CT molecular complexity index is 5060. The summed E-state index contributed by atoms with van der Waals surface area (Å²) in [6, 6.07) is 93.4. The van der Waals surface area contributed by atoms with Gasteiger partial charge in [0.1, 0.15) is 0 Å². The SMILES string of the molecule is C=CC(=C(C)C)c1ccccc1C.CCc1ccccc1N=C(C)c1ccccc1.Cc1ccc(-c2cc(-c3cc4c5c(c6ccccc6c4c4ccccc34)C=CCC5)cc(-c3cc4c5ccccc5c5ccccc5c4c4ccccc34)c2)cc1. The van der Waals surface area contributed by atoms with Crippen LogP contribution < -0.4 is 0 Å². The molecule has 0 saturated carbocycles. The van der Waals surface area contributed by atoms with Gasteiger partial charge in [-0.1, -0.05) is 261 Å². The summed E-state index contributed by atoms with van der Waals surface area (Å²) in [5.41, 5.74) is 21.3. The van der Waals surface area contributed by atoms with E-state index in [0.717, 1.165) is 30.7 Å². The van der Waals surface area contributed by atoms with Gasteiger partial charge >= 0.3 is 0 Å². The molecule has 0 N–H and O–H groups in total. The zero-order chi connectivity index (χ0) is 59.5. The number of hydrogen-bond donors (Lipinski definition) is 0. The Morgan fingerprint density at radius 3 is 1.51 bits per heavy atom. The van der Waals surface area contributed by atoms with E-state index in [9.17, 15) is 0 Å². The highest BCUT2D eigenvalue weighted by atomic mass is 14.7. The predicted octanol–water partition coefficient (Wildman–Crippen LogP) is 24.4. The molecule has 0 fully saturated rings. The number of nitrogens with zero attached hydrogens (tertiary/aromatic N) is 1. The van der Waals surface area contributed by atoms with Crippen LogP contribution in [0.5, 0.6) is 0 Å². The van der Waals surface area contributed by atoms with Gasteiger partial charge in [0.05, 0.1) is 5.69 Å². The highest BCUT2D eigenvalue weighted by molar-refractivity contribution is 6.33. The first-order chi connectivity index (χ1) is 42.7. The van der Waals surface area contributed by atoms with Crippen molar-refractivity contribution < 1.29 is 0 Å². The summed E-state index contributed by atoms with van der Waals surface area (Å²) in [6.45, 7) is 16.6. The molecule has 0 saturated heterocycles. The summed E-state index contributed by atoms with van der Waals surface area (Å²) >= 11 is 0. The molecule has 0 amide bonds. The molecule has 0 aromatic heterocycles. The normalized spacial score (nSPS) is 12.0. The summed E-state index contributed by atoms with van der Waals surface area (Å²) in [7, 11) is 0. The van der Waals surface area contributed by atoms with E-state index in [1.807, 2.05) is 30.3 Å². The third-order valence-electron chi connectivity index (χ3n) is 17.7. The van der Waals surface area contributed by atoms with Crippen LogP contribution in [-0.4, -0.2) is 5.71 Å². The van der Waals surface area contributed by atoms with Crippen LogP contribution in [0, 0.1) is 13.8 Å². The van der Waals surface area contributed by atoms with Crippen molar-refractivity contribution in [1.29, 1.82) is 0 Å². The second-order valence-electron chi connectivity index (χ2n) is 23.4. The van der Waals surface area contributed by atoms with Crippen LogP contribution in [-0.2, 0) is 12.8 Å². The number of allylic oxidation sites excluding steroid dienone is 4. The maximum atomic E-state index is 4.72. The molecule has 0 radical (unpaired) electrons. The summed E-state index contributed by atoms with van der Waals surface area (Å²) in [6.07, 6.45) is 9.77. The first kappa shape index (κ1) is 56.0. The van der Waals surface area contributed by atoms with E-state index >= 15 is 0 Å². The number of hydrogen-bond acceptors (Lipinski definition) is 1. The molecule has 420 valence electrons. The number of aryl methyl sites for hydroxylation is 4. The first-order valence-electron chi connectivity index (χ1n) is 30.7. The number of fused-ring (bicyclic) bond motifs is 16. The Kier molecular flexibility index (Phi) is 15.7. The van der Waals surface area contributed by atoms with Gasteiger partial charge in [0, 0.05) is 5.71 Å². The minimum Gasteiger partial charge on any atom is -0.253 e. The molecule has 0 aliphatic heterocycles. The van der Waals surface area contributed by atoms with Gasteiger partial charge in [-0.15, -0.1) is 0 Å². The quantitative estimate of drug-likeness (QED) is 0.0817. The molecule has 1 aliphatic rings. The lowest BCUT2D eigenvalue weighted by molar-refractivity contribution is 1.00. The Balaban J connectivity index is 0.000000191. The Hall–Kier alpha value is -10.2. The van der Waals surface area contributed by atoms with Crippen LogP contribution in [0.15, 0.2) is 284 Å². The van der Waals surface area contributed by atoms with E-state index in [0.29, 0.717) is 0 Å². The molecular weight excluding hydrogens is 1050 g/mol. The van der Waals surface area contributed by atoms with Gasteiger partial charge in [-0.2, -0.15) is 0 Å². The van der Waals surface area contributed by atoms with Gasteiger partial charge < -0.3 is 0 Å². The fourth-order valence-electron chi connectivity index (χ4n) is 13.4. The van der Waals surface area contributed by atoms with Crippen molar-refractivity contribution in [3.05, 3.63) is 318 Å². The van der Waals surface area contributed by atoms with Gasteiger partial charge in [-0.3, -0.25) is 4.99 Å². The fraction of sp³-hybridized carbons (Fsp3) is 0.105. The zero-order valence-corrected chi connectivity index (χ0v) is 50.8. The number of rotatable bonds is 8. The molecule has 0 bridgehead atoms. The van der Waals surface area contributed by atoms with E-state index in [1.165, 1.54) is 159 Å². The van der Waals surface area contributed by atoms with E-state index in [1.54, 1.807) is 0 Å². The van der Waals surface area contributed by atoms with Crippen molar-refractivity contribution in [3.63, 3.8) is 0 Å². The molecular formula is C86H71N. The number of para-hydroxylation sites is 1. The third kappa shape index (κ3) is 10.8. The predicted molar refractivity (Wildman–Crippen MR) is 381 cm³/mol. The summed E-state index contributed by atoms with van der Waals surface area (Å²) in [5.74, 6) is 0. The van der Waals surface area contributed by atoms with Crippen molar-refractivity contribution in [2.45, 2.75) is 60.8 Å². The van der Waals surface area contributed by atoms with Crippen LogP contribution in [0.2, 0.25) is 0 Å². The highest BCUT2D eigenvalue weighted by Gasteiger charge is 2.21. The van der Waals surface area contributed by atoms with E-state index in [4.69, 9.17) is 4.99 Å². The van der Waals surface area contributed by atoms with Gasteiger partial charge in [0.15, 0.2) is 0 Å². The van der Waals surface area contributed by atoms with Crippen molar-refractivity contribution in [3.8, 4) is 33.4 Å².